The Hall–Kier alpha value is -2.38. The van der Waals surface area contributed by atoms with Crippen LogP contribution >= 0.6 is 15.9 Å². The van der Waals surface area contributed by atoms with E-state index in [1.54, 1.807) is 6.07 Å². The molecule has 7 heteroatoms. The number of imidazole rings is 1. The maximum absolute atomic E-state index is 11.9. The number of carbonyl (C=O) groups is 1. The molecule has 1 aromatic carbocycles. The lowest BCUT2D eigenvalue weighted by Gasteiger charge is -2.05. The number of halogens is 1. The molecule has 2 heterocycles. The van der Waals surface area contributed by atoms with Gasteiger partial charge in [0.05, 0.1) is 24.7 Å². The summed E-state index contributed by atoms with van der Waals surface area (Å²) in [6, 6.07) is 9.87. The SMILES string of the molecule is Cc1ccoc1C(=O)NCCCNCc1ncc(-c2ccc(Br)cc2)[nH]1. The third-order valence-corrected chi connectivity index (χ3v) is 4.49. The van der Waals surface area contributed by atoms with Crippen molar-refractivity contribution in [3.8, 4) is 11.3 Å². The van der Waals surface area contributed by atoms with E-state index in [-0.39, 0.29) is 5.91 Å². The van der Waals surface area contributed by atoms with Crippen molar-refractivity contribution < 1.29 is 9.21 Å². The molecule has 0 aliphatic rings. The number of rotatable bonds is 8. The highest BCUT2D eigenvalue weighted by atomic mass is 79.9. The number of nitrogens with zero attached hydrogens (tertiary/aromatic N) is 1. The summed E-state index contributed by atoms with van der Waals surface area (Å²) in [7, 11) is 0. The molecule has 0 aliphatic heterocycles. The molecule has 3 aromatic rings. The van der Waals surface area contributed by atoms with Crippen LogP contribution < -0.4 is 10.6 Å². The lowest BCUT2D eigenvalue weighted by atomic mass is 10.2. The number of aryl methyl sites for hydroxylation is 1. The Morgan fingerprint density at radius 3 is 2.77 bits per heavy atom. The number of aromatic nitrogens is 2. The Bertz CT molecular complexity index is 855. The second kappa shape index (κ2) is 8.82. The molecule has 0 radical (unpaired) electrons. The van der Waals surface area contributed by atoms with Crippen LogP contribution in [0.1, 0.15) is 28.4 Å². The number of benzene rings is 1. The van der Waals surface area contributed by atoms with E-state index in [0.29, 0.717) is 18.8 Å². The van der Waals surface area contributed by atoms with Crippen LogP contribution in [0.2, 0.25) is 0 Å². The zero-order valence-corrected chi connectivity index (χ0v) is 16.1. The van der Waals surface area contributed by atoms with Crippen LogP contribution in [0.15, 0.2) is 51.7 Å². The summed E-state index contributed by atoms with van der Waals surface area (Å²) in [5, 5.41) is 6.17. The predicted octanol–water partition coefficient (Wildman–Crippen LogP) is 3.65. The van der Waals surface area contributed by atoms with Gasteiger partial charge in [-0.05, 0) is 43.7 Å². The van der Waals surface area contributed by atoms with Gasteiger partial charge < -0.3 is 20.0 Å². The topological polar surface area (TPSA) is 82.9 Å². The fraction of sp³-hybridized carbons (Fsp3) is 0.263. The van der Waals surface area contributed by atoms with Gasteiger partial charge in [-0.1, -0.05) is 28.1 Å². The third kappa shape index (κ3) is 4.83. The van der Waals surface area contributed by atoms with Gasteiger partial charge in [0, 0.05) is 16.6 Å². The lowest BCUT2D eigenvalue weighted by Crippen LogP contribution is -2.27. The van der Waals surface area contributed by atoms with Crippen molar-refractivity contribution in [3.63, 3.8) is 0 Å². The van der Waals surface area contributed by atoms with Crippen molar-refractivity contribution in [1.82, 2.24) is 20.6 Å². The molecule has 0 saturated heterocycles. The Labute approximate surface area is 160 Å². The van der Waals surface area contributed by atoms with E-state index in [2.05, 4.69) is 36.5 Å². The average Bonchev–Trinajstić information content (AvgIpc) is 3.27. The number of nitrogens with one attached hydrogen (secondary N) is 3. The number of hydrogen-bond donors (Lipinski definition) is 3. The maximum atomic E-state index is 11.9. The molecule has 1 amide bonds. The van der Waals surface area contributed by atoms with E-state index in [4.69, 9.17) is 4.42 Å². The summed E-state index contributed by atoms with van der Waals surface area (Å²) in [4.78, 5) is 19.6. The predicted molar refractivity (Wildman–Crippen MR) is 104 cm³/mol. The number of furan rings is 1. The standard InChI is InChI=1S/C19H21BrN4O2/c1-13-7-10-26-18(13)19(25)22-9-2-8-21-12-17-23-11-16(24-17)14-3-5-15(20)6-4-14/h3-7,10-11,21H,2,8-9,12H2,1H3,(H,22,25)(H,23,24). The van der Waals surface area contributed by atoms with Crippen molar-refractivity contribution in [3.05, 3.63) is 64.4 Å². The number of hydrogen-bond acceptors (Lipinski definition) is 4. The number of aromatic amines is 1. The van der Waals surface area contributed by atoms with Gasteiger partial charge in [-0.3, -0.25) is 4.79 Å². The van der Waals surface area contributed by atoms with Crippen LogP contribution in [0.4, 0.5) is 0 Å². The summed E-state index contributed by atoms with van der Waals surface area (Å²) in [5.74, 6) is 1.10. The Balaban J connectivity index is 1.36. The highest BCUT2D eigenvalue weighted by molar-refractivity contribution is 9.10. The molecule has 0 saturated carbocycles. The number of amides is 1. The molecule has 0 aliphatic carbocycles. The molecule has 0 atom stereocenters. The quantitative estimate of drug-likeness (QED) is 0.489. The zero-order chi connectivity index (χ0) is 18.4. The van der Waals surface area contributed by atoms with Crippen molar-refractivity contribution >= 4 is 21.8 Å². The molecule has 136 valence electrons. The molecule has 0 fully saturated rings. The van der Waals surface area contributed by atoms with Crippen LogP contribution in [0.25, 0.3) is 11.3 Å². The van der Waals surface area contributed by atoms with E-state index in [1.807, 2.05) is 37.4 Å². The molecular weight excluding hydrogens is 396 g/mol. The zero-order valence-electron chi connectivity index (χ0n) is 14.5. The molecule has 3 rings (SSSR count). The molecule has 2 aromatic heterocycles. The van der Waals surface area contributed by atoms with Gasteiger partial charge in [-0.15, -0.1) is 0 Å². The molecular formula is C19H21BrN4O2. The van der Waals surface area contributed by atoms with Gasteiger partial charge >= 0.3 is 0 Å². The second-order valence-electron chi connectivity index (χ2n) is 5.97. The van der Waals surface area contributed by atoms with Gasteiger partial charge in [0.15, 0.2) is 5.76 Å². The van der Waals surface area contributed by atoms with Gasteiger partial charge in [0.25, 0.3) is 5.91 Å². The van der Waals surface area contributed by atoms with E-state index in [1.165, 1.54) is 6.26 Å². The number of carbonyl (C=O) groups excluding carboxylic acids is 1. The van der Waals surface area contributed by atoms with Crippen molar-refractivity contribution in [2.45, 2.75) is 19.9 Å². The highest BCUT2D eigenvalue weighted by Crippen LogP contribution is 2.19. The van der Waals surface area contributed by atoms with Gasteiger partial charge in [-0.25, -0.2) is 4.98 Å². The summed E-state index contributed by atoms with van der Waals surface area (Å²) >= 11 is 3.43. The smallest absolute Gasteiger partial charge is 0.287 e. The van der Waals surface area contributed by atoms with Crippen LogP contribution in [-0.4, -0.2) is 29.0 Å². The minimum Gasteiger partial charge on any atom is -0.459 e. The van der Waals surface area contributed by atoms with E-state index in [9.17, 15) is 4.79 Å². The first-order valence-corrected chi connectivity index (χ1v) is 9.25. The molecule has 0 unspecified atom stereocenters. The monoisotopic (exact) mass is 416 g/mol. The van der Waals surface area contributed by atoms with Gasteiger partial charge in [0.1, 0.15) is 5.82 Å². The third-order valence-electron chi connectivity index (χ3n) is 3.96. The summed E-state index contributed by atoms with van der Waals surface area (Å²) in [5.41, 5.74) is 2.94. The molecule has 26 heavy (non-hydrogen) atoms. The van der Waals surface area contributed by atoms with Crippen LogP contribution in [0, 0.1) is 6.92 Å². The van der Waals surface area contributed by atoms with Crippen LogP contribution in [0.3, 0.4) is 0 Å². The minimum absolute atomic E-state index is 0.169. The van der Waals surface area contributed by atoms with Crippen molar-refractivity contribution in [1.29, 1.82) is 0 Å². The first kappa shape index (κ1) is 18.4. The normalized spacial score (nSPS) is 10.8. The van der Waals surface area contributed by atoms with E-state index in [0.717, 1.165) is 40.1 Å². The van der Waals surface area contributed by atoms with Gasteiger partial charge in [-0.2, -0.15) is 0 Å². The second-order valence-corrected chi connectivity index (χ2v) is 6.89. The van der Waals surface area contributed by atoms with Gasteiger partial charge in [0.2, 0.25) is 0 Å². The maximum Gasteiger partial charge on any atom is 0.287 e. The fourth-order valence-electron chi connectivity index (χ4n) is 2.54. The Kier molecular flexibility index (Phi) is 6.25. The van der Waals surface area contributed by atoms with Crippen LogP contribution in [-0.2, 0) is 6.54 Å². The fourth-order valence-corrected chi connectivity index (χ4v) is 2.80. The minimum atomic E-state index is -0.169. The summed E-state index contributed by atoms with van der Waals surface area (Å²) in [6.07, 6.45) is 4.19. The summed E-state index contributed by atoms with van der Waals surface area (Å²) < 4.78 is 6.22. The van der Waals surface area contributed by atoms with E-state index >= 15 is 0 Å². The average molecular weight is 417 g/mol. The van der Waals surface area contributed by atoms with E-state index < -0.39 is 0 Å². The number of H-pyrrole nitrogens is 1. The Morgan fingerprint density at radius 2 is 2.04 bits per heavy atom. The molecule has 3 N–H and O–H groups in total. The molecule has 0 spiro atoms. The highest BCUT2D eigenvalue weighted by Gasteiger charge is 2.11. The lowest BCUT2D eigenvalue weighted by molar-refractivity contribution is 0.0924. The van der Waals surface area contributed by atoms with Crippen LogP contribution in [0.5, 0.6) is 0 Å². The van der Waals surface area contributed by atoms with Crippen molar-refractivity contribution in [2.75, 3.05) is 13.1 Å². The summed E-state index contributed by atoms with van der Waals surface area (Å²) in [6.45, 7) is 3.88. The largest absolute Gasteiger partial charge is 0.459 e. The molecule has 0 bridgehead atoms. The first-order chi connectivity index (χ1) is 12.6. The van der Waals surface area contributed by atoms with Crippen molar-refractivity contribution in [2.24, 2.45) is 0 Å². The first-order valence-electron chi connectivity index (χ1n) is 8.46. The Morgan fingerprint density at radius 1 is 1.23 bits per heavy atom. The molecule has 6 nitrogen and oxygen atoms in total.